The number of nitrogens with two attached hydrogens (primary N) is 2. The fourth-order valence-electron chi connectivity index (χ4n) is 3.69. The van der Waals surface area contributed by atoms with Crippen molar-refractivity contribution >= 4 is 50.3 Å². The lowest BCUT2D eigenvalue weighted by atomic mass is 9.98. The Labute approximate surface area is 225 Å². The molecule has 3 heterocycles. The molecule has 39 heavy (non-hydrogen) atoms. The quantitative estimate of drug-likeness (QED) is 0.0432. The number of hydrogen-bond acceptors (Lipinski definition) is 14. The summed E-state index contributed by atoms with van der Waals surface area (Å²) < 4.78 is 34.8. The van der Waals surface area contributed by atoms with Crippen LogP contribution in [0.4, 0.5) is 5.13 Å². The van der Waals surface area contributed by atoms with Gasteiger partial charge in [0.05, 0.1) is 18.3 Å². The molecular formula is C19H26N10O8S2. The van der Waals surface area contributed by atoms with Gasteiger partial charge in [0, 0.05) is 31.0 Å². The number of thiazole rings is 1. The predicted octanol–water partition coefficient (Wildman–Crippen LogP) is -2.71. The van der Waals surface area contributed by atoms with Crippen LogP contribution in [-0.2, 0) is 42.6 Å². The van der Waals surface area contributed by atoms with Crippen molar-refractivity contribution in [1.29, 1.82) is 0 Å². The molecule has 0 radical (unpaired) electrons. The maximum absolute atomic E-state index is 13.2. The van der Waals surface area contributed by atoms with Crippen molar-refractivity contribution in [1.82, 2.24) is 34.9 Å². The molecule has 0 spiro atoms. The summed E-state index contributed by atoms with van der Waals surface area (Å²) in [6.45, 7) is 1.28. The summed E-state index contributed by atoms with van der Waals surface area (Å²) in [5.41, 5.74) is 9.52. The Morgan fingerprint density at radius 3 is 2.69 bits per heavy atom. The highest BCUT2D eigenvalue weighted by atomic mass is 32.2. The molecule has 4 rings (SSSR count). The normalized spacial score (nSPS) is 20.4. The van der Waals surface area contributed by atoms with Gasteiger partial charge in [0.2, 0.25) is 5.60 Å². The molecule has 1 aliphatic heterocycles. The van der Waals surface area contributed by atoms with E-state index in [0.717, 1.165) is 17.8 Å². The molecule has 8 N–H and O–H groups in total. The van der Waals surface area contributed by atoms with Crippen molar-refractivity contribution in [2.24, 2.45) is 10.9 Å². The number of amides is 2. The summed E-state index contributed by atoms with van der Waals surface area (Å²) in [4.78, 5) is 46.4. The Kier molecular flexibility index (Phi) is 8.11. The van der Waals surface area contributed by atoms with E-state index in [4.69, 9.17) is 16.3 Å². The highest BCUT2D eigenvalue weighted by molar-refractivity contribution is 7.84. The molecule has 2 aromatic heterocycles. The Morgan fingerprint density at radius 1 is 1.36 bits per heavy atom. The second-order valence-electron chi connectivity index (χ2n) is 8.78. The molecule has 0 bridgehead atoms. The lowest BCUT2D eigenvalue weighted by Crippen LogP contribution is -2.73. The van der Waals surface area contributed by atoms with Gasteiger partial charge in [-0.1, -0.05) is 10.4 Å². The number of aromatic nitrogens is 4. The first kappa shape index (κ1) is 28.3. The van der Waals surface area contributed by atoms with E-state index in [0.29, 0.717) is 25.3 Å². The number of nitrogens with zero attached hydrogens (tertiary/aromatic N) is 6. The van der Waals surface area contributed by atoms with Crippen LogP contribution in [0.2, 0.25) is 0 Å². The van der Waals surface area contributed by atoms with E-state index in [9.17, 15) is 32.5 Å². The number of carboxylic acid groups (broad SMARTS) is 1. The summed E-state index contributed by atoms with van der Waals surface area (Å²) in [6, 6.07) is -2.70. The summed E-state index contributed by atoms with van der Waals surface area (Å²) in [7, 11) is -4.97. The fraction of sp³-hybridized carbons (Fsp3) is 0.526. The molecule has 1 saturated carbocycles. The second-order valence-corrected chi connectivity index (χ2v) is 11.0. The average molecular weight is 587 g/mol. The largest absolute Gasteiger partial charge is 0.478 e. The summed E-state index contributed by atoms with van der Waals surface area (Å²) in [5.74, 6) is -3.38. The lowest BCUT2D eigenvalue weighted by Gasteiger charge is -2.43. The minimum Gasteiger partial charge on any atom is -0.478 e. The number of hydrogen-bond donors (Lipinski definition) is 6. The molecule has 0 aromatic carbocycles. The SMILES string of the molecule is NCCCNCc1cn(CC2C(NC(=O)C(=NOC3(C(=O)O)CC3)c3csc(N)n3)C(=O)N2S(=O)(=O)O)nn1. The highest BCUT2D eigenvalue weighted by Crippen LogP contribution is 2.40. The molecule has 2 fully saturated rings. The van der Waals surface area contributed by atoms with E-state index in [1.165, 1.54) is 16.3 Å². The maximum Gasteiger partial charge on any atom is 0.362 e. The maximum atomic E-state index is 13.2. The van der Waals surface area contributed by atoms with Gasteiger partial charge in [-0.25, -0.2) is 14.1 Å². The average Bonchev–Trinajstić information content (AvgIpc) is 3.33. The number of oxime groups is 1. The van der Waals surface area contributed by atoms with Gasteiger partial charge in [-0.3, -0.25) is 18.8 Å². The van der Waals surface area contributed by atoms with E-state index in [1.54, 1.807) is 0 Å². The third kappa shape index (κ3) is 6.30. The van der Waals surface area contributed by atoms with Gasteiger partial charge in [-0.2, -0.15) is 8.42 Å². The summed E-state index contributed by atoms with van der Waals surface area (Å²) in [5, 5.41) is 27.8. The first-order valence-corrected chi connectivity index (χ1v) is 13.8. The zero-order valence-electron chi connectivity index (χ0n) is 20.3. The van der Waals surface area contributed by atoms with Crippen LogP contribution in [0.5, 0.6) is 0 Å². The van der Waals surface area contributed by atoms with E-state index in [1.807, 2.05) is 0 Å². The standard InChI is InChI=1S/C19H26N10O8S2/c20-4-1-5-22-6-10-7-28(27-25-10)8-12-14(16(31)29(12)39(34,35)36)24-15(30)13(11-9-38-18(21)23-11)26-37-19(2-3-19)17(32)33/h7,9,12,14,22H,1-6,8,20H2,(H2,21,23)(H,24,30)(H,32,33)(H,34,35,36). The number of aliphatic carboxylic acids is 1. The smallest absolute Gasteiger partial charge is 0.362 e. The minimum atomic E-state index is -4.97. The Morgan fingerprint density at radius 2 is 2.10 bits per heavy atom. The number of carbonyl (C=O) groups excluding carboxylic acids is 2. The van der Waals surface area contributed by atoms with Gasteiger partial charge in [0.25, 0.3) is 11.8 Å². The van der Waals surface area contributed by atoms with Crippen molar-refractivity contribution in [2.75, 3.05) is 18.8 Å². The molecule has 20 heteroatoms. The van der Waals surface area contributed by atoms with E-state index < -0.39 is 51.5 Å². The van der Waals surface area contributed by atoms with Crippen molar-refractivity contribution in [3.8, 4) is 0 Å². The van der Waals surface area contributed by atoms with Crippen LogP contribution < -0.4 is 22.1 Å². The van der Waals surface area contributed by atoms with Crippen molar-refractivity contribution in [3.05, 3.63) is 23.0 Å². The Balaban J connectivity index is 1.51. The molecule has 2 atom stereocenters. The summed E-state index contributed by atoms with van der Waals surface area (Å²) in [6.07, 6.45) is 2.62. The van der Waals surface area contributed by atoms with Gasteiger partial charge in [-0.05, 0) is 19.5 Å². The van der Waals surface area contributed by atoms with Crippen molar-refractivity contribution in [3.63, 3.8) is 0 Å². The van der Waals surface area contributed by atoms with Crippen LogP contribution in [0, 0.1) is 0 Å². The van der Waals surface area contributed by atoms with Gasteiger partial charge in [0.15, 0.2) is 10.8 Å². The monoisotopic (exact) mass is 586 g/mol. The van der Waals surface area contributed by atoms with Crippen LogP contribution in [0.3, 0.4) is 0 Å². The van der Waals surface area contributed by atoms with Crippen LogP contribution in [0.1, 0.15) is 30.7 Å². The minimum absolute atomic E-state index is 0.0470. The van der Waals surface area contributed by atoms with Crippen LogP contribution in [0.25, 0.3) is 0 Å². The van der Waals surface area contributed by atoms with E-state index >= 15 is 0 Å². The number of carboxylic acids is 1. The number of β-lactam (4-membered cyclic amide) rings is 1. The fourth-order valence-corrected chi connectivity index (χ4v) is 5.11. The third-order valence-corrected chi connectivity index (χ3v) is 7.54. The Hall–Kier alpha value is -3.72. The lowest BCUT2D eigenvalue weighted by molar-refractivity contribution is -0.153. The molecule has 2 unspecified atom stereocenters. The first-order chi connectivity index (χ1) is 18.4. The molecular weight excluding hydrogens is 560 g/mol. The molecule has 2 aromatic rings. The van der Waals surface area contributed by atoms with Crippen LogP contribution >= 0.6 is 11.3 Å². The van der Waals surface area contributed by atoms with Gasteiger partial charge in [-0.15, -0.1) is 16.4 Å². The zero-order chi connectivity index (χ0) is 28.4. The third-order valence-electron chi connectivity index (χ3n) is 5.91. The molecule has 2 amide bonds. The number of anilines is 1. The topological polar surface area (TPSA) is 270 Å². The molecule has 18 nitrogen and oxygen atoms in total. The first-order valence-electron chi connectivity index (χ1n) is 11.6. The van der Waals surface area contributed by atoms with Crippen molar-refractivity contribution in [2.45, 2.75) is 50.0 Å². The summed E-state index contributed by atoms with van der Waals surface area (Å²) >= 11 is 0.978. The van der Waals surface area contributed by atoms with Gasteiger partial charge in [0.1, 0.15) is 11.7 Å². The molecule has 1 aliphatic carbocycles. The Bertz CT molecular complexity index is 1390. The van der Waals surface area contributed by atoms with E-state index in [2.05, 4.69) is 31.1 Å². The van der Waals surface area contributed by atoms with E-state index in [-0.39, 0.29) is 34.5 Å². The number of carbonyl (C=O) groups is 3. The zero-order valence-corrected chi connectivity index (χ0v) is 21.9. The number of nitrogen functional groups attached to an aromatic ring is 1. The van der Waals surface area contributed by atoms with Gasteiger partial charge >= 0.3 is 16.3 Å². The highest BCUT2D eigenvalue weighted by Gasteiger charge is 2.56. The molecule has 2 aliphatic rings. The molecule has 212 valence electrons. The second kappa shape index (κ2) is 11.2. The predicted molar refractivity (Wildman–Crippen MR) is 133 cm³/mol. The van der Waals surface area contributed by atoms with Crippen LogP contribution in [0.15, 0.2) is 16.7 Å². The number of nitrogens with one attached hydrogen (secondary N) is 2. The number of rotatable bonds is 14. The van der Waals surface area contributed by atoms with Gasteiger partial charge < -0.3 is 32.0 Å². The molecule has 1 saturated heterocycles. The van der Waals surface area contributed by atoms with Crippen LogP contribution in [-0.4, -0.2) is 96.6 Å². The van der Waals surface area contributed by atoms with Crippen molar-refractivity contribution < 1.29 is 37.3 Å².